The normalized spacial score (nSPS) is 10.5. The minimum absolute atomic E-state index is 0.327. The average molecular weight is 616 g/mol. The molecule has 1 heterocycles. The summed E-state index contributed by atoms with van der Waals surface area (Å²) in [5, 5.41) is 9.57. The van der Waals surface area contributed by atoms with Crippen LogP contribution < -0.4 is 39.6 Å². The Morgan fingerprint density at radius 3 is 1.62 bits per heavy atom. The maximum Gasteiger partial charge on any atom is 0.256 e. The zero-order valence-electron chi connectivity index (χ0n) is 26.7. The average Bonchev–Trinajstić information content (AvgIpc) is 3.02. The maximum atomic E-state index is 13.7. The lowest BCUT2D eigenvalue weighted by Crippen LogP contribution is -2.17. The highest BCUT2D eigenvalue weighted by molar-refractivity contribution is 6.07. The van der Waals surface area contributed by atoms with Gasteiger partial charge >= 0.3 is 0 Å². The summed E-state index contributed by atoms with van der Waals surface area (Å²) in [5.41, 5.74) is 2.81. The van der Waals surface area contributed by atoms with Crippen molar-refractivity contribution >= 4 is 34.7 Å². The van der Waals surface area contributed by atoms with E-state index in [1.165, 1.54) is 0 Å². The van der Waals surface area contributed by atoms with Crippen molar-refractivity contribution in [3.63, 3.8) is 0 Å². The lowest BCUT2D eigenvalue weighted by molar-refractivity contribution is 0.102. The van der Waals surface area contributed by atoms with Crippen LogP contribution in [0, 0.1) is 6.92 Å². The lowest BCUT2D eigenvalue weighted by Gasteiger charge is -2.19. The summed E-state index contributed by atoms with van der Waals surface area (Å²) < 4.78 is 28.6. The Hall–Kier alpha value is -5.19. The molecule has 0 aliphatic heterocycles. The lowest BCUT2D eigenvalue weighted by atomic mass is 10.1. The number of nitrogens with zero attached hydrogens (tertiary/aromatic N) is 2. The first-order valence-corrected chi connectivity index (χ1v) is 15.1. The number of benzene rings is 3. The van der Waals surface area contributed by atoms with Crippen LogP contribution in [0.25, 0.3) is 0 Å². The van der Waals surface area contributed by atoms with Crippen molar-refractivity contribution < 1.29 is 28.5 Å². The Bertz CT molecular complexity index is 1530. The number of aryl methyl sites for hydroxylation is 1. The molecule has 45 heavy (non-hydrogen) atoms. The number of anilines is 5. The molecule has 11 nitrogen and oxygen atoms in total. The van der Waals surface area contributed by atoms with Crippen molar-refractivity contribution in [2.75, 3.05) is 49.0 Å². The van der Waals surface area contributed by atoms with Crippen molar-refractivity contribution in [1.29, 1.82) is 0 Å². The summed E-state index contributed by atoms with van der Waals surface area (Å²) >= 11 is 0. The molecule has 11 heteroatoms. The Labute approximate surface area is 264 Å². The smallest absolute Gasteiger partial charge is 0.256 e. The number of aromatic nitrogens is 2. The molecule has 238 valence electrons. The molecule has 0 spiro atoms. The van der Waals surface area contributed by atoms with Crippen LogP contribution in [0.5, 0.6) is 28.7 Å². The summed E-state index contributed by atoms with van der Waals surface area (Å²) in [5.74, 6) is 3.17. The molecule has 0 aliphatic rings. The summed E-state index contributed by atoms with van der Waals surface area (Å²) in [6, 6.07) is 18.3. The number of carbonyl (C=O) groups excluding carboxylic acids is 1. The molecule has 4 rings (SSSR count). The van der Waals surface area contributed by atoms with E-state index in [4.69, 9.17) is 28.7 Å². The highest BCUT2D eigenvalue weighted by Gasteiger charge is 2.21. The molecule has 3 aromatic carbocycles. The van der Waals surface area contributed by atoms with Gasteiger partial charge in [-0.2, -0.15) is 4.98 Å². The summed E-state index contributed by atoms with van der Waals surface area (Å²) in [6.07, 6.45) is 0. The zero-order valence-corrected chi connectivity index (χ0v) is 26.7. The minimum Gasteiger partial charge on any atom is -0.494 e. The highest BCUT2D eigenvalue weighted by atomic mass is 16.5. The predicted molar refractivity (Wildman–Crippen MR) is 176 cm³/mol. The topological polar surface area (TPSA) is 125 Å². The van der Waals surface area contributed by atoms with E-state index in [9.17, 15) is 4.79 Å². The molecule has 0 saturated carbocycles. The van der Waals surface area contributed by atoms with Crippen LogP contribution >= 0.6 is 0 Å². The van der Waals surface area contributed by atoms with Gasteiger partial charge in [-0.1, -0.05) is 0 Å². The third-order valence-electron chi connectivity index (χ3n) is 6.35. The molecule has 0 saturated heterocycles. The fourth-order valence-corrected chi connectivity index (χ4v) is 4.44. The monoisotopic (exact) mass is 615 g/mol. The number of hydrogen-bond donors (Lipinski definition) is 3. The second kappa shape index (κ2) is 16.0. The molecule has 0 fully saturated rings. The van der Waals surface area contributed by atoms with Gasteiger partial charge in [0.15, 0.2) is 17.3 Å². The summed E-state index contributed by atoms with van der Waals surface area (Å²) in [4.78, 5) is 23.1. The highest BCUT2D eigenvalue weighted by Crippen LogP contribution is 2.40. The second-order valence-electron chi connectivity index (χ2n) is 9.58. The van der Waals surface area contributed by atoms with Crippen LogP contribution in [0.3, 0.4) is 0 Å². The molecule has 0 atom stereocenters. The fraction of sp³-hybridized carbons (Fsp3) is 0.324. The van der Waals surface area contributed by atoms with Crippen molar-refractivity contribution in [2.45, 2.75) is 41.5 Å². The zero-order chi connectivity index (χ0) is 32.2. The van der Waals surface area contributed by atoms with E-state index in [1.807, 2.05) is 83.1 Å². The number of ether oxygens (including phenoxy) is 5. The van der Waals surface area contributed by atoms with E-state index in [0.29, 0.717) is 79.0 Å². The number of hydrogen-bond acceptors (Lipinski definition) is 10. The van der Waals surface area contributed by atoms with Gasteiger partial charge in [0.1, 0.15) is 17.2 Å². The Morgan fingerprint density at radius 2 is 1.13 bits per heavy atom. The molecule has 0 bridgehead atoms. The SMILES string of the molecule is CCOc1ccc(Nc2nc(C)c(NC(=O)c3cc(OCC)c(OCC)c(OCC)c3)c(Nc3ccc(OCC)cc3)n2)cc1. The molecule has 1 aromatic heterocycles. The van der Waals surface area contributed by atoms with E-state index >= 15 is 0 Å². The van der Waals surface area contributed by atoms with E-state index in [-0.39, 0.29) is 0 Å². The third-order valence-corrected chi connectivity index (χ3v) is 6.35. The van der Waals surface area contributed by atoms with Gasteiger partial charge in [-0.05, 0) is 102 Å². The van der Waals surface area contributed by atoms with Crippen LogP contribution in [-0.4, -0.2) is 48.9 Å². The van der Waals surface area contributed by atoms with Gasteiger partial charge < -0.3 is 39.6 Å². The van der Waals surface area contributed by atoms with Crippen LogP contribution in [0.4, 0.5) is 28.8 Å². The third kappa shape index (κ3) is 8.69. The maximum absolute atomic E-state index is 13.7. The largest absolute Gasteiger partial charge is 0.494 e. The first-order valence-electron chi connectivity index (χ1n) is 15.1. The fourth-order valence-electron chi connectivity index (χ4n) is 4.44. The molecule has 0 aliphatic carbocycles. The van der Waals surface area contributed by atoms with Gasteiger partial charge in [0, 0.05) is 16.9 Å². The van der Waals surface area contributed by atoms with E-state index in [2.05, 4.69) is 20.9 Å². The number of amides is 1. The Morgan fingerprint density at radius 1 is 0.644 bits per heavy atom. The number of nitrogens with one attached hydrogen (secondary N) is 3. The Balaban J connectivity index is 1.70. The molecular weight excluding hydrogens is 574 g/mol. The minimum atomic E-state index is -0.395. The molecular formula is C34H41N5O6. The van der Waals surface area contributed by atoms with Gasteiger partial charge in [0.25, 0.3) is 5.91 Å². The first-order chi connectivity index (χ1) is 21.9. The van der Waals surface area contributed by atoms with Crippen LogP contribution in [-0.2, 0) is 0 Å². The van der Waals surface area contributed by atoms with Gasteiger partial charge in [-0.15, -0.1) is 0 Å². The summed E-state index contributed by atoms with van der Waals surface area (Å²) in [6.45, 7) is 13.6. The molecule has 0 radical (unpaired) electrons. The molecule has 4 aromatic rings. The van der Waals surface area contributed by atoms with Crippen molar-refractivity contribution in [2.24, 2.45) is 0 Å². The van der Waals surface area contributed by atoms with Crippen LogP contribution in [0.15, 0.2) is 60.7 Å². The van der Waals surface area contributed by atoms with E-state index < -0.39 is 5.91 Å². The van der Waals surface area contributed by atoms with E-state index in [1.54, 1.807) is 19.1 Å². The van der Waals surface area contributed by atoms with Gasteiger partial charge in [0.05, 0.1) is 38.7 Å². The van der Waals surface area contributed by atoms with Crippen molar-refractivity contribution in [3.05, 3.63) is 71.9 Å². The predicted octanol–water partition coefficient (Wildman–Crippen LogP) is 7.52. The first kappa shape index (κ1) is 32.7. The van der Waals surface area contributed by atoms with Gasteiger partial charge in [0.2, 0.25) is 11.7 Å². The van der Waals surface area contributed by atoms with Gasteiger partial charge in [-0.3, -0.25) is 4.79 Å². The van der Waals surface area contributed by atoms with Crippen molar-refractivity contribution in [1.82, 2.24) is 9.97 Å². The van der Waals surface area contributed by atoms with Crippen LogP contribution in [0.1, 0.15) is 50.7 Å². The quantitative estimate of drug-likeness (QED) is 0.117. The molecule has 1 amide bonds. The molecule has 0 unspecified atom stereocenters. The van der Waals surface area contributed by atoms with Crippen LogP contribution in [0.2, 0.25) is 0 Å². The van der Waals surface area contributed by atoms with Crippen molar-refractivity contribution in [3.8, 4) is 28.7 Å². The summed E-state index contributed by atoms with van der Waals surface area (Å²) in [7, 11) is 0. The second-order valence-corrected chi connectivity index (χ2v) is 9.58. The van der Waals surface area contributed by atoms with E-state index in [0.717, 1.165) is 22.9 Å². The number of rotatable bonds is 16. The standard InChI is InChI=1S/C34H41N5O6/c1-7-41-26-16-12-24(13-17-26)36-32-30(22(6)35-34(39-32)37-25-14-18-27(19-15-25)42-8-2)38-33(40)23-20-28(43-9-3)31(45-11-5)29(21-23)44-10-4/h12-21H,7-11H2,1-6H3,(H,38,40)(H2,35,36,37,39). The molecule has 3 N–H and O–H groups in total. The Kier molecular flexibility index (Phi) is 11.7. The van der Waals surface area contributed by atoms with Gasteiger partial charge in [-0.25, -0.2) is 4.98 Å². The number of carbonyl (C=O) groups is 1.